The van der Waals surface area contributed by atoms with Gasteiger partial charge in [0.1, 0.15) is 9.63 Å². The van der Waals surface area contributed by atoms with E-state index in [0.717, 1.165) is 21.6 Å². The maximum absolute atomic E-state index is 5.25. The fraction of sp³-hybridized carbons (Fsp3) is 0. The summed E-state index contributed by atoms with van der Waals surface area (Å²) in [7, 11) is 0. The van der Waals surface area contributed by atoms with Crippen LogP contribution in [0.25, 0.3) is 0 Å². The molecule has 0 atom stereocenters. The lowest BCUT2D eigenvalue weighted by Gasteiger charge is -1.92. The molecule has 0 unspecified atom stereocenters. The summed E-state index contributed by atoms with van der Waals surface area (Å²) in [6.07, 6.45) is 0. The Kier molecular flexibility index (Phi) is 2.50. The molecule has 1 aromatic rings. The van der Waals surface area contributed by atoms with Gasteiger partial charge in [-0.3, -0.25) is 5.14 Å². The van der Waals surface area contributed by atoms with Crippen LogP contribution in [-0.4, -0.2) is 4.98 Å². The van der Waals surface area contributed by atoms with Crippen molar-refractivity contribution in [2.75, 3.05) is 0 Å². The summed E-state index contributed by atoms with van der Waals surface area (Å²) in [5, 5.41) is 6.08. The van der Waals surface area contributed by atoms with Gasteiger partial charge in [0, 0.05) is 0 Å². The lowest BCUT2D eigenvalue weighted by Crippen LogP contribution is -1.83. The van der Waals surface area contributed by atoms with Gasteiger partial charge in [0.15, 0.2) is 0 Å². The average molecular weight is 205 g/mol. The van der Waals surface area contributed by atoms with Crippen molar-refractivity contribution in [3.8, 4) is 0 Å². The fourth-order valence-corrected chi connectivity index (χ4v) is 1.22. The van der Waals surface area contributed by atoms with E-state index in [4.69, 9.17) is 5.14 Å². The maximum Gasteiger partial charge on any atom is 0.112 e. The molecule has 4 heteroatoms. The van der Waals surface area contributed by atoms with Crippen molar-refractivity contribution in [3.05, 3.63) is 22.8 Å². The van der Waals surface area contributed by atoms with Crippen molar-refractivity contribution in [2.24, 2.45) is 5.14 Å². The van der Waals surface area contributed by atoms with E-state index in [1.54, 1.807) is 0 Å². The molecule has 2 nitrogen and oxygen atoms in total. The molecule has 0 aliphatic rings. The molecule has 0 fully saturated rings. The van der Waals surface area contributed by atoms with Crippen molar-refractivity contribution < 1.29 is 0 Å². The number of nitrogens with two attached hydrogens (primary N) is 1. The summed E-state index contributed by atoms with van der Waals surface area (Å²) >= 11 is 4.36. The quantitative estimate of drug-likeness (QED) is 0.561. The predicted octanol–water partition coefficient (Wildman–Crippen LogP) is 1.81. The largest absolute Gasteiger partial charge is 0.272 e. The van der Waals surface area contributed by atoms with Crippen LogP contribution in [0.2, 0.25) is 0 Å². The third-order valence-corrected chi connectivity index (χ3v) is 1.72. The van der Waals surface area contributed by atoms with E-state index in [0.29, 0.717) is 0 Å². The van der Waals surface area contributed by atoms with E-state index in [9.17, 15) is 0 Å². The van der Waals surface area contributed by atoms with E-state index in [1.165, 1.54) is 0 Å². The Morgan fingerprint density at radius 2 is 2.33 bits per heavy atom. The van der Waals surface area contributed by atoms with Gasteiger partial charge in [0.2, 0.25) is 0 Å². The number of hydrogen-bond acceptors (Lipinski definition) is 3. The molecule has 0 saturated carbocycles. The van der Waals surface area contributed by atoms with E-state index >= 15 is 0 Å². The molecule has 0 aliphatic heterocycles. The second kappa shape index (κ2) is 3.20. The number of rotatable bonds is 1. The van der Waals surface area contributed by atoms with Crippen LogP contribution in [-0.2, 0) is 0 Å². The van der Waals surface area contributed by atoms with E-state index in [2.05, 4.69) is 20.9 Å². The molecule has 0 amide bonds. The molecule has 0 aliphatic carbocycles. The number of pyridine rings is 1. The van der Waals surface area contributed by atoms with Gasteiger partial charge in [-0.15, -0.1) is 0 Å². The first kappa shape index (κ1) is 7.05. The smallest absolute Gasteiger partial charge is 0.112 e. The van der Waals surface area contributed by atoms with Gasteiger partial charge < -0.3 is 0 Å². The van der Waals surface area contributed by atoms with Crippen LogP contribution in [0.15, 0.2) is 27.8 Å². The minimum absolute atomic E-state index is 0.818. The highest BCUT2D eigenvalue weighted by molar-refractivity contribution is 9.10. The molecule has 0 bridgehead atoms. The second-order valence-electron chi connectivity index (χ2n) is 1.42. The Hall–Kier alpha value is -0.0600. The molecule has 0 aromatic carbocycles. The van der Waals surface area contributed by atoms with Crippen molar-refractivity contribution in [3.63, 3.8) is 0 Å². The first-order chi connectivity index (χ1) is 4.33. The summed E-state index contributed by atoms with van der Waals surface area (Å²) in [4.78, 5) is 4.05. The first-order valence-electron chi connectivity index (χ1n) is 2.32. The van der Waals surface area contributed by atoms with Gasteiger partial charge in [0.05, 0.1) is 0 Å². The van der Waals surface area contributed by atoms with E-state index in [1.807, 2.05) is 18.2 Å². The minimum Gasteiger partial charge on any atom is -0.272 e. The standard InChI is InChI=1S/C5H5BrN2S/c6-4-2-1-3-5(8-4)9-7/h1-3H,7H2. The van der Waals surface area contributed by atoms with Crippen molar-refractivity contribution in [2.45, 2.75) is 5.03 Å². The van der Waals surface area contributed by atoms with Crippen molar-refractivity contribution in [1.82, 2.24) is 4.98 Å². The third-order valence-electron chi connectivity index (χ3n) is 0.810. The number of halogens is 1. The Morgan fingerprint density at radius 1 is 1.56 bits per heavy atom. The third kappa shape index (κ3) is 1.97. The molecule has 1 rings (SSSR count). The highest BCUT2D eigenvalue weighted by atomic mass is 79.9. The molecule has 0 saturated heterocycles. The van der Waals surface area contributed by atoms with Crippen LogP contribution in [0.1, 0.15) is 0 Å². The normalized spacial score (nSPS) is 9.56. The highest BCUT2D eigenvalue weighted by Gasteiger charge is 1.90. The molecule has 0 radical (unpaired) electrons. The van der Waals surface area contributed by atoms with Crippen LogP contribution in [0.4, 0.5) is 0 Å². The highest BCUT2D eigenvalue weighted by Crippen LogP contribution is 2.11. The monoisotopic (exact) mass is 204 g/mol. The molecule has 1 aromatic heterocycles. The van der Waals surface area contributed by atoms with E-state index in [-0.39, 0.29) is 0 Å². The summed E-state index contributed by atoms with van der Waals surface area (Å²) in [6, 6.07) is 5.61. The van der Waals surface area contributed by atoms with Gasteiger partial charge in [-0.25, -0.2) is 4.98 Å². The van der Waals surface area contributed by atoms with Crippen LogP contribution >= 0.6 is 27.9 Å². The average Bonchev–Trinajstić information content (AvgIpc) is 1.88. The summed E-state index contributed by atoms with van der Waals surface area (Å²) in [5.41, 5.74) is 0. The Bertz CT molecular complexity index is 204. The molecule has 48 valence electrons. The summed E-state index contributed by atoms with van der Waals surface area (Å²) in [5.74, 6) is 0. The molecule has 0 spiro atoms. The number of nitrogens with zero attached hydrogens (tertiary/aromatic N) is 1. The molecular weight excluding hydrogens is 200 g/mol. The first-order valence-corrected chi connectivity index (χ1v) is 3.99. The van der Waals surface area contributed by atoms with Crippen molar-refractivity contribution >= 4 is 27.9 Å². The SMILES string of the molecule is NSc1cccc(Br)n1. The van der Waals surface area contributed by atoms with Gasteiger partial charge in [-0.05, 0) is 40.0 Å². The zero-order valence-electron chi connectivity index (χ0n) is 4.54. The van der Waals surface area contributed by atoms with Crippen molar-refractivity contribution in [1.29, 1.82) is 0 Å². The Morgan fingerprint density at radius 3 is 2.78 bits per heavy atom. The topological polar surface area (TPSA) is 38.9 Å². The predicted molar refractivity (Wildman–Crippen MR) is 42.0 cm³/mol. The molecule has 2 N–H and O–H groups in total. The fourth-order valence-electron chi connectivity index (χ4n) is 0.455. The number of hydrogen-bond donors (Lipinski definition) is 1. The second-order valence-corrected chi connectivity index (χ2v) is 2.88. The van der Waals surface area contributed by atoms with Crippen LogP contribution in [0.5, 0.6) is 0 Å². The maximum atomic E-state index is 5.25. The lowest BCUT2D eigenvalue weighted by atomic mass is 10.5. The Labute approximate surface area is 66.1 Å². The lowest BCUT2D eigenvalue weighted by molar-refractivity contribution is 1.10. The van der Waals surface area contributed by atoms with Gasteiger partial charge >= 0.3 is 0 Å². The number of aromatic nitrogens is 1. The van der Waals surface area contributed by atoms with Gasteiger partial charge in [-0.2, -0.15) is 0 Å². The van der Waals surface area contributed by atoms with Crippen LogP contribution in [0, 0.1) is 0 Å². The van der Waals surface area contributed by atoms with Gasteiger partial charge in [0.25, 0.3) is 0 Å². The van der Waals surface area contributed by atoms with Gasteiger partial charge in [-0.1, -0.05) is 6.07 Å². The summed E-state index contributed by atoms with van der Waals surface area (Å²) < 4.78 is 0.818. The Balaban J connectivity index is 2.94. The van der Waals surface area contributed by atoms with Crippen LogP contribution < -0.4 is 5.14 Å². The molecule has 1 heterocycles. The molecule has 9 heavy (non-hydrogen) atoms. The summed E-state index contributed by atoms with van der Waals surface area (Å²) in [6.45, 7) is 0. The van der Waals surface area contributed by atoms with Crippen LogP contribution in [0.3, 0.4) is 0 Å². The molecular formula is C5H5BrN2S. The minimum atomic E-state index is 0.818. The van der Waals surface area contributed by atoms with E-state index < -0.39 is 0 Å². The zero-order chi connectivity index (χ0) is 6.69. The zero-order valence-corrected chi connectivity index (χ0v) is 6.95.